The highest BCUT2D eigenvalue weighted by molar-refractivity contribution is 6.21. The lowest BCUT2D eigenvalue weighted by atomic mass is 10.3. The van der Waals surface area contributed by atoms with Crippen molar-refractivity contribution in [3.05, 3.63) is 11.8 Å². The summed E-state index contributed by atoms with van der Waals surface area (Å²) in [5, 5.41) is 3.35. The van der Waals surface area contributed by atoms with E-state index in [9.17, 15) is 0 Å². The van der Waals surface area contributed by atoms with Gasteiger partial charge in [0.25, 0.3) is 0 Å². The van der Waals surface area contributed by atoms with Gasteiger partial charge in [0.1, 0.15) is 0 Å². The van der Waals surface area contributed by atoms with Gasteiger partial charge in [0.05, 0.1) is 12.0 Å². The second-order valence-electron chi connectivity index (χ2n) is 4.34. The Kier molecular flexibility index (Phi) is 4.05. The third-order valence-corrected chi connectivity index (χ3v) is 3.22. The number of hydrogen-bond acceptors (Lipinski definition) is 4. The van der Waals surface area contributed by atoms with Gasteiger partial charge < -0.3 is 10.1 Å². The molecule has 5 heteroatoms. The summed E-state index contributed by atoms with van der Waals surface area (Å²) in [6, 6.07) is 1.83. The van der Waals surface area contributed by atoms with Crippen molar-refractivity contribution in [2.24, 2.45) is 5.92 Å². The summed E-state index contributed by atoms with van der Waals surface area (Å²) in [6.07, 6.45) is 2.49. The molecule has 0 aliphatic heterocycles. The van der Waals surface area contributed by atoms with Gasteiger partial charge in [-0.1, -0.05) is 0 Å². The van der Waals surface area contributed by atoms with Crippen LogP contribution in [0, 0.1) is 12.8 Å². The lowest BCUT2D eigenvalue weighted by Crippen LogP contribution is -2.17. The van der Waals surface area contributed by atoms with Gasteiger partial charge in [-0.05, 0) is 32.6 Å². The van der Waals surface area contributed by atoms with Crippen LogP contribution in [-0.4, -0.2) is 28.5 Å². The summed E-state index contributed by atoms with van der Waals surface area (Å²) < 4.78 is 5.37. The molecule has 1 aromatic rings. The number of nitrogens with zero attached hydrogens (tertiary/aromatic N) is 2. The van der Waals surface area contributed by atoms with Gasteiger partial charge in [-0.25, -0.2) is 4.98 Å². The highest BCUT2D eigenvalue weighted by Gasteiger charge is 2.29. The molecule has 4 nitrogen and oxygen atoms in total. The van der Waals surface area contributed by atoms with Crippen LogP contribution >= 0.6 is 11.6 Å². The molecule has 17 heavy (non-hydrogen) atoms. The number of aryl methyl sites for hydroxylation is 1. The normalized spacial score (nSPS) is 16.6. The van der Waals surface area contributed by atoms with Crippen LogP contribution in [0.4, 0.5) is 5.95 Å². The van der Waals surface area contributed by atoms with Gasteiger partial charge >= 0.3 is 0 Å². The third kappa shape index (κ3) is 3.73. The van der Waals surface area contributed by atoms with E-state index < -0.39 is 0 Å². The van der Waals surface area contributed by atoms with Crippen LogP contribution in [0.2, 0.25) is 0 Å². The number of halogens is 1. The fraction of sp³-hybridized carbons (Fsp3) is 0.667. The molecule has 0 radical (unpaired) electrons. The predicted molar refractivity (Wildman–Crippen MR) is 68.8 cm³/mol. The van der Waals surface area contributed by atoms with E-state index in [-0.39, 0.29) is 5.38 Å². The molecule has 0 amide bonds. The zero-order valence-electron chi connectivity index (χ0n) is 10.2. The average Bonchev–Trinajstić information content (AvgIpc) is 3.09. The first-order valence-corrected chi connectivity index (χ1v) is 6.49. The van der Waals surface area contributed by atoms with Gasteiger partial charge in [0.2, 0.25) is 11.8 Å². The Hall–Kier alpha value is -1.03. The Bertz CT molecular complexity index is 382. The highest BCUT2D eigenvalue weighted by Crippen LogP contribution is 2.35. The van der Waals surface area contributed by atoms with Crippen molar-refractivity contribution in [1.82, 2.24) is 9.97 Å². The third-order valence-electron chi connectivity index (χ3n) is 2.71. The maximum absolute atomic E-state index is 6.22. The van der Waals surface area contributed by atoms with Crippen LogP contribution in [0.1, 0.15) is 25.5 Å². The molecule has 1 N–H and O–H groups in total. The number of aromatic nitrogens is 2. The van der Waals surface area contributed by atoms with Crippen LogP contribution in [-0.2, 0) is 0 Å². The largest absolute Gasteiger partial charge is 0.478 e. The predicted octanol–water partition coefficient (Wildman–Crippen LogP) is 2.61. The Labute approximate surface area is 107 Å². The molecule has 1 fully saturated rings. The van der Waals surface area contributed by atoms with Crippen LogP contribution in [0.3, 0.4) is 0 Å². The first-order chi connectivity index (χ1) is 8.19. The molecule has 1 saturated carbocycles. The monoisotopic (exact) mass is 255 g/mol. The van der Waals surface area contributed by atoms with Crippen LogP contribution in [0.15, 0.2) is 6.07 Å². The van der Waals surface area contributed by atoms with Gasteiger partial charge in [-0.15, -0.1) is 11.6 Å². The molecule has 1 unspecified atom stereocenters. The first-order valence-electron chi connectivity index (χ1n) is 6.05. The zero-order chi connectivity index (χ0) is 12.3. The number of hydrogen-bond donors (Lipinski definition) is 1. The second kappa shape index (κ2) is 5.54. The summed E-state index contributed by atoms with van der Waals surface area (Å²) in [5.41, 5.74) is 0.892. The number of nitrogens with one attached hydrogen (secondary N) is 1. The van der Waals surface area contributed by atoms with Crippen molar-refractivity contribution in [1.29, 1.82) is 0 Å². The Morgan fingerprint density at radius 1 is 1.53 bits per heavy atom. The fourth-order valence-electron chi connectivity index (χ4n) is 1.65. The average molecular weight is 256 g/mol. The van der Waals surface area contributed by atoms with E-state index in [2.05, 4.69) is 15.3 Å². The summed E-state index contributed by atoms with van der Waals surface area (Å²) in [4.78, 5) is 8.58. The Morgan fingerprint density at radius 2 is 2.29 bits per heavy atom. The molecule has 1 aliphatic rings. The van der Waals surface area contributed by atoms with Crippen molar-refractivity contribution in [2.75, 3.05) is 18.5 Å². The standard InChI is InChI=1S/C12H18ClN3O/c1-3-17-11-6-8(2)15-12(16-11)14-7-10(13)9-4-5-9/h6,9-10H,3-5,7H2,1-2H3,(H,14,15,16). The quantitative estimate of drug-likeness (QED) is 0.794. The SMILES string of the molecule is CCOc1cc(C)nc(NCC(Cl)C2CC2)n1. The van der Waals surface area contributed by atoms with E-state index in [1.54, 1.807) is 0 Å². The van der Waals surface area contributed by atoms with E-state index in [0.717, 1.165) is 5.69 Å². The number of anilines is 1. The second-order valence-corrected chi connectivity index (χ2v) is 4.90. The molecule has 0 bridgehead atoms. The summed E-state index contributed by atoms with van der Waals surface area (Å²) >= 11 is 6.22. The highest BCUT2D eigenvalue weighted by atomic mass is 35.5. The lowest BCUT2D eigenvalue weighted by Gasteiger charge is -2.11. The molecule has 1 heterocycles. The Morgan fingerprint density at radius 3 is 2.94 bits per heavy atom. The van der Waals surface area contributed by atoms with Crippen molar-refractivity contribution in [3.63, 3.8) is 0 Å². The number of alkyl halides is 1. The summed E-state index contributed by atoms with van der Waals surface area (Å²) in [6.45, 7) is 5.18. The molecule has 94 valence electrons. The molecule has 1 aromatic heterocycles. The molecule has 0 aromatic carbocycles. The molecule has 0 saturated heterocycles. The smallest absolute Gasteiger partial charge is 0.226 e. The minimum absolute atomic E-state index is 0.176. The maximum Gasteiger partial charge on any atom is 0.226 e. The molecule has 2 rings (SSSR count). The van der Waals surface area contributed by atoms with Gasteiger partial charge in [-0.2, -0.15) is 4.98 Å². The fourth-order valence-corrected chi connectivity index (χ4v) is 1.98. The zero-order valence-corrected chi connectivity index (χ0v) is 11.0. The van der Waals surface area contributed by atoms with E-state index in [4.69, 9.17) is 16.3 Å². The van der Waals surface area contributed by atoms with E-state index >= 15 is 0 Å². The van der Waals surface area contributed by atoms with Crippen molar-refractivity contribution in [2.45, 2.75) is 32.1 Å². The number of rotatable bonds is 6. The van der Waals surface area contributed by atoms with Crippen LogP contribution < -0.4 is 10.1 Å². The molecular formula is C12H18ClN3O. The van der Waals surface area contributed by atoms with Gasteiger partial charge in [0, 0.05) is 18.3 Å². The van der Waals surface area contributed by atoms with Crippen molar-refractivity contribution >= 4 is 17.5 Å². The minimum atomic E-state index is 0.176. The Balaban J connectivity index is 1.94. The maximum atomic E-state index is 6.22. The van der Waals surface area contributed by atoms with Crippen LogP contribution in [0.25, 0.3) is 0 Å². The lowest BCUT2D eigenvalue weighted by molar-refractivity contribution is 0.326. The van der Waals surface area contributed by atoms with Crippen LogP contribution in [0.5, 0.6) is 5.88 Å². The molecule has 0 spiro atoms. The molecule has 1 atom stereocenters. The molecule has 1 aliphatic carbocycles. The van der Waals surface area contributed by atoms with Gasteiger partial charge in [-0.3, -0.25) is 0 Å². The van der Waals surface area contributed by atoms with Crippen molar-refractivity contribution < 1.29 is 4.74 Å². The molecular weight excluding hydrogens is 238 g/mol. The summed E-state index contributed by atoms with van der Waals surface area (Å²) in [5.74, 6) is 1.88. The van der Waals surface area contributed by atoms with E-state index in [1.807, 2.05) is 19.9 Å². The topological polar surface area (TPSA) is 47.0 Å². The number of ether oxygens (including phenoxy) is 1. The van der Waals surface area contributed by atoms with E-state index in [0.29, 0.717) is 30.9 Å². The summed E-state index contributed by atoms with van der Waals surface area (Å²) in [7, 11) is 0. The van der Waals surface area contributed by atoms with Gasteiger partial charge in [0.15, 0.2) is 0 Å². The van der Waals surface area contributed by atoms with E-state index in [1.165, 1.54) is 12.8 Å². The first kappa shape index (κ1) is 12.4. The van der Waals surface area contributed by atoms with Crippen molar-refractivity contribution in [3.8, 4) is 5.88 Å². The minimum Gasteiger partial charge on any atom is -0.478 e.